The van der Waals surface area contributed by atoms with Gasteiger partial charge < -0.3 is 19.1 Å². The highest BCUT2D eigenvalue weighted by Crippen LogP contribution is 2.35. The van der Waals surface area contributed by atoms with Gasteiger partial charge >= 0.3 is 5.97 Å². The number of para-hydroxylation sites is 1. The van der Waals surface area contributed by atoms with Crippen LogP contribution < -0.4 is 14.4 Å². The number of carbonyl (C=O) groups is 2. The molecule has 6 nitrogen and oxygen atoms in total. The van der Waals surface area contributed by atoms with Gasteiger partial charge in [0.05, 0.1) is 32.5 Å². The summed E-state index contributed by atoms with van der Waals surface area (Å²) < 4.78 is 15.4. The minimum atomic E-state index is -0.387. The Morgan fingerprint density at radius 3 is 2.52 bits per heavy atom. The van der Waals surface area contributed by atoms with Crippen LogP contribution in [0.15, 0.2) is 36.4 Å². The monoisotopic (exact) mass is 341 g/mol. The quantitative estimate of drug-likeness (QED) is 0.800. The Kier molecular flexibility index (Phi) is 4.61. The van der Waals surface area contributed by atoms with Crippen molar-refractivity contribution in [3.05, 3.63) is 53.1 Å². The molecule has 0 fully saturated rings. The molecule has 0 radical (unpaired) electrons. The van der Waals surface area contributed by atoms with E-state index >= 15 is 0 Å². The maximum atomic E-state index is 13.0. The molecule has 0 bridgehead atoms. The zero-order valence-electron chi connectivity index (χ0n) is 14.4. The Labute approximate surface area is 145 Å². The Bertz CT molecular complexity index is 831. The van der Waals surface area contributed by atoms with Crippen LogP contribution in [0, 0.1) is 0 Å². The molecule has 130 valence electrons. The molecule has 0 unspecified atom stereocenters. The normalized spacial score (nSPS) is 12.5. The number of anilines is 1. The van der Waals surface area contributed by atoms with E-state index in [9.17, 15) is 9.59 Å². The Morgan fingerprint density at radius 2 is 1.84 bits per heavy atom. The fraction of sp³-hybridized carbons (Fsp3) is 0.263. The van der Waals surface area contributed by atoms with Gasteiger partial charge in [-0.2, -0.15) is 0 Å². The van der Waals surface area contributed by atoms with Crippen molar-refractivity contribution < 1.29 is 23.8 Å². The maximum absolute atomic E-state index is 13.0. The molecule has 1 heterocycles. The second kappa shape index (κ2) is 6.84. The molecule has 0 saturated carbocycles. The van der Waals surface area contributed by atoms with Gasteiger partial charge in [-0.1, -0.05) is 6.07 Å². The Balaban J connectivity index is 1.96. The topological polar surface area (TPSA) is 65.1 Å². The van der Waals surface area contributed by atoms with Gasteiger partial charge in [-0.15, -0.1) is 0 Å². The van der Waals surface area contributed by atoms with Crippen molar-refractivity contribution in [3.63, 3.8) is 0 Å². The van der Waals surface area contributed by atoms with Crippen LogP contribution in [0.4, 0.5) is 5.69 Å². The van der Waals surface area contributed by atoms with E-state index < -0.39 is 0 Å². The third-order valence-electron chi connectivity index (χ3n) is 4.27. The van der Waals surface area contributed by atoms with Crippen LogP contribution in [0.5, 0.6) is 11.5 Å². The number of ether oxygens (including phenoxy) is 3. The minimum Gasteiger partial charge on any atom is -0.493 e. The van der Waals surface area contributed by atoms with Gasteiger partial charge in [0.2, 0.25) is 0 Å². The maximum Gasteiger partial charge on any atom is 0.337 e. The average molecular weight is 341 g/mol. The molecule has 0 spiro atoms. The summed E-state index contributed by atoms with van der Waals surface area (Å²) in [5.74, 6) is 0.366. The van der Waals surface area contributed by atoms with Crippen molar-refractivity contribution in [2.75, 3.05) is 32.8 Å². The summed E-state index contributed by atoms with van der Waals surface area (Å²) in [4.78, 5) is 26.4. The third kappa shape index (κ3) is 2.91. The van der Waals surface area contributed by atoms with E-state index in [2.05, 4.69) is 0 Å². The molecule has 1 aliphatic heterocycles. The number of benzene rings is 2. The fourth-order valence-electron chi connectivity index (χ4n) is 3.06. The summed E-state index contributed by atoms with van der Waals surface area (Å²) in [6.45, 7) is 0.541. The van der Waals surface area contributed by atoms with Crippen molar-refractivity contribution >= 4 is 17.6 Å². The summed E-state index contributed by atoms with van der Waals surface area (Å²) >= 11 is 0. The minimum absolute atomic E-state index is 0.166. The lowest BCUT2D eigenvalue weighted by Gasteiger charge is -2.20. The van der Waals surface area contributed by atoms with Crippen LogP contribution in [0.3, 0.4) is 0 Å². The smallest absolute Gasteiger partial charge is 0.337 e. The highest BCUT2D eigenvalue weighted by atomic mass is 16.5. The largest absolute Gasteiger partial charge is 0.493 e. The van der Waals surface area contributed by atoms with Crippen LogP contribution in [0.25, 0.3) is 0 Å². The lowest BCUT2D eigenvalue weighted by molar-refractivity contribution is 0.0600. The molecular weight excluding hydrogens is 322 g/mol. The van der Waals surface area contributed by atoms with E-state index in [0.717, 1.165) is 11.3 Å². The standard InChI is InChI=1S/C19H19NO5/c1-23-16-6-4-5-14(17(16)24-2)18(21)20-10-9-12-11-13(19(22)25-3)7-8-15(12)20/h4-8,11H,9-10H2,1-3H3. The molecule has 0 saturated heterocycles. The first kappa shape index (κ1) is 16.8. The van der Waals surface area contributed by atoms with Crippen molar-refractivity contribution in [3.8, 4) is 11.5 Å². The van der Waals surface area contributed by atoms with Crippen molar-refractivity contribution in [1.29, 1.82) is 0 Å². The molecule has 0 aromatic heterocycles. The third-order valence-corrected chi connectivity index (χ3v) is 4.27. The molecular formula is C19H19NO5. The van der Waals surface area contributed by atoms with Gasteiger partial charge in [-0.3, -0.25) is 4.79 Å². The van der Waals surface area contributed by atoms with Crippen LogP contribution in [0.2, 0.25) is 0 Å². The van der Waals surface area contributed by atoms with E-state index in [4.69, 9.17) is 14.2 Å². The van der Waals surface area contributed by atoms with Gasteiger partial charge in [0.25, 0.3) is 5.91 Å². The van der Waals surface area contributed by atoms with E-state index in [1.54, 1.807) is 41.3 Å². The van der Waals surface area contributed by atoms with Gasteiger partial charge in [-0.25, -0.2) is 4.79 Å². The number of amides is 1. The molecule has 0 N–H and O–H groups in total. The Morgan fingerprint density at radius 1 is 1.04 bits per heavy atom. The zero-order valence-corrected chi connectivity index (χ0v) is 14.4. The van der Waals surface area contributed by atoms with E-state index in [1.807, 2.05) is 0 Å². The molecule has 1 amide bonds. The number of methoxy groups -OCH3 is 3. The second-order valence-corrected chi connectivity index (χ2v) is 5.58. The van der Waals surface area contributed by atoms with Crippen LogP contribution in [0.1, 0.15) is 26.3 Å². The van der Waals surface area contributed by atoms with Crippen molar-refractivity contribution in [2.45, 2.75) is 6.42 Å². The van der Waals surface area contributed by atoms with Crippen LogP contribution in [-0.4, -0.2) is 39.8 Å². The number of esters is 1. The first-order valence-corrected chi connectivity index (χ1v) is 7.84. The summed E-state index contributed by atoms with van der Waals surface area (Å²) in [5, 5.41) is 0. The van der Waals surface area contributed by atoms with Crippen molar-refractivity contribution in [2.24, 2.45) is 0 Å². The predicted molar refractivity (Wildman–Crippen MR) is 92.7 cm³/mol. The van der Waals surface area contributed by atoms with Crippen LogP contribution in [-0.2, 0) is 11.2 Å². The summed E-state index contributed by atoms with van der Waals surface area (Å²) in [5.41, 5.74) is 2.65. The molecule has 0 atom stereocenters. The molecule has 0 aliphatic carbocycles. The van der Waals surface area contributed by atoms with Crippen LogP contribution >= 0.6 is 0 Å². The zero-order chi connectivity index (χ0) is 18.0. The highest BCUT2D eigenvalue weighted by molar-refractivity contribution is 6.09. The molecule has 25 heavy (non-hydrogen) atoms. The lowest BCUT2D eigenvalue weighted by Crippen LogP contribution is -2.29. The Hall–Kier alpha value is -3.02. The van der Waals surface area contributed by atoms with E-state index in [-0.39, 0.29) is 11.9 Å². The predicted octanol–water partition coefficient (Wildman–Crippen LogP) is 2.69. The molecule has 1 aliphatic rings. The molecule has 3 rings (SSSR count). The number of nitrogens with zero attached hydrogens (tertiary/aromatic N) is 1. The fourth-order valence-corrected chi connectivity index (χ4v) is 3.06. The number of hydrogen-bond donors (Lipinski definition) is 0. The van der Waals surface area contributed by atoms with E-state index in [0.29, 0.717) is 35.6 Å². The average Bonchev–Trinajstić information content (AvgIpc) is 3.09. The van der Waals surface area contributed by atoms with Crippen molar-refractivity contribution in [1.82, 2.24) is 0 Å². The van der Waals surface area contributed by atoms with Gasteiger partial charge in [0.1, 0.15) is 0 Å². The number of fused-ring (bicyclic) bond motifs is 1. The van der Waals surface area contributed by atoms with Gasteiger partial charge in [-0.05, 0) is 42.3 Å². The first-order chi connectivity index (χ1) is 12.1. The lowest BCUT2D eigenvalue weighted by atomic mass is 10.1. The SMILES string of the molecule is COC(=O)c1ccc2c(c1)CCN2C(=O)c1cccc(OC)c1OC. The first-order valence-electron chi connectivity index (χ1n) is 7.84. The molecule has 2 aromatic carbocycles. The molecule has 2 aromatic rings. The summed E-state index contributed by atoms with van der Waals surface area (Å²) in [6, 6.07) is 10.4. The van der Waals surface area contributed by atoms with Gasteiger partial charge in [0, 0.05) is 12.2 Å². The second-order valence-electron chi connectivity index (χ2n) is 5.58. The summed E-state index contributed by atoms with van der Waals surface area (Å²) in [7, 11) is 4.39. The highest BCUT2D eigenvalue weighted by Gasteiger charge is 2.29. The number of hydrogen-bond acceptors (Lipinski definition) is 5. The number of rotatable bonds is 4. The summed E-state index contributed by atoms with van der Waals surface area (Å²) in [6.07, 6.45) is 0.679. The molecule has 6 heteroatoms. The van der Waals surface area contributed by atoms with E-state index in [1.165, 1.54) is 21.3 Å². The van der Waals surface area contributed by atoms with Gasteiger partial charge in [0.15, 0.2) is 11.5 Å². The number of carbonyl (C=O) groups excluding carboxylic acids is 2.